The summed E-state index contributed by atoms with van der Waals surface area (Å²) >= 11 is 0. The van der Waals surface area contributed by atoms with Gasteiger partial charge in [-0.05, 0) is 315 Å². The lowest BCUT2D eigenvalue weighted by atomic mass is 9.49. The van der Waals surface area contributed by atoms with Crippen molar-refractivity contribution in [1.82, 2.24) is 45.0 Å². The van der Waals surface area contributed by atoms with Gasteiger partial charge in [0.25, 0.3) is 0 Å². The third-order valence-corrected chi connectivity index (χ3v) is 31.5. The Morgan fingerprint density at radius 2 is 0.755 bits per heavy atom. The van der Waals surface area contributed by atoms with Gasteiger partial charge in [-0.2, -0.15) is 15.0 Å². The smallest absolute Gasteiger partial charge is 0.159 e. The van der Waals surface area contributed by atoms with Gasteiger partial charge in [0.05, 0.1) is 27.8 Å². The lowest BCUT2D eigenvalue weighted by Crippen LogP contribution is -2.52. The molecule has 0 spiro atoms. The summed E-state index contributed by atoms with van der Waals surface area (Å²) in [7, 11) is 0. The maximum absolute atomic E-state index is 13.8. The standard InChI is InChI=1S/3C27H35F2N3O2/c1-26-10-8-19-18-9-11-27(34,15-28)13-16(18)2-4-20(19)21(26)5-6-22(26)25(33)14-32-24-7-3-17(29)12-23(24)30-31-32;1-26-10-8-19-18-9-11-27(34,15-28)13-16(18)2-4-20(19)21(26)5-6-22(26)25(33)14-32-24-12-17(29)3-7-23(24)30-31-32;1-26-10-8-19-18-9-11-27(34,15-28)13-16(18)2-4-20(19)21(26)5-6-22(26)25(33)14-32-30-23-7-3-17(29)12-24(23)31-32/h3*3,7,12,16,18-22,34H,2,4-6,8-11,13-15H2,1H3/t3*16-,18+,19-,20-,21+,22-,26+,27-/m111/s1. The van der Waals surface area contributed by atoms with Gasteiger partial charge in [0, 0.05) is 36.0 Å². The minimum absolute atomic E-state index is 0.00106. The molecule has 12 aliphatic rings. The fourth-order valence-corrected chi connectivity index (χ4v) is 26.7. The van der Waals surface area contributed by atoms with Gasteiger partial charge in [-0.1, -0.05) is 31.2 Å². The minimum atomic E-state index is -1.10. The number of benzene rings is 3. The van der Waals surface area contributed by atoms with E-state index >= 15 is 0 Å². The predicted octanol–water partition coefficient (Wildman–Crippen LogP) is 15.3. The molecule has 0 bridgehead atoms. The summed E-state index contributed by atoms with van der Waals surface area (Å²) in [5, 5.41) is 56.8. The first-order valence-electron chi connectivity index (χ1n) is 39.3. The molecule has 102 heavy (non-hydrogen) atoms. The Labute approximate surface area is 594 Å². The molecule has 12 aliphatic carbocycles. The van der Waals surface area contributed by atoms with Crippen molar-refractivity contribution in [2.75, 3.05) is 20.0 Å². The van der Waals surface area contributed by atoms with Gasteiger partial charge in [-0.3, -0.25) is 14.4 Å². The topological polar surface area (TPSA) is 204 Å². The summed E-state index contributed by atoms with van der Waals surface area (Å²) in [6.07, 6.45) is 25.8. The van der Waals surface area contributed by atoms with Gasteiger partial charge in [0.2, 0.25) is 0 Å². The molecule has 3 heterocycles. The molecule has 3 N–H and O–H groups in total. The second-order valence-corrected chi connectivity index (χ2v) is 36.2. The summed E-state index contributed by atoms with van der Waals surface area (Å²) < 4.78 is 84.3. The Hall–Kier alpha value is -5.67. The number of halogens is 6. The number of hydrogen-bond acceptors (Lipinski definition) is 12. The molecule has 0 saturated heterocycles. The number of fused-ring (bicyclic) bond motifs is 18. The summed E-state index contributed by atoms with van der Waals surface area (Å²) in [5.41, 5.74) is 0.169. The Morgan fingerprint density at radius 1 is 0.392 bits per heavy atom. The molecule has 18 rings (SSSR count). The van der Waals surface area contributed by atoms with Crippen molar-refractivity contribution < 1.29 is 56.0 Å². The molecule has 552 valence electrons. The molecule has 15 nitrogen and oxygen atoms in total. The van der Waals surface area contributed by atoms with E-state index in [2.05, 4.69) is 51.6 Å². The van der Waals surface area contributed by atoms with E-state index in [1.54, 1.807) is 27.6 Å². The van der Waals surface area contributed by atoms with Gasteiger partial charge in [0.15, 0.2) is 17.3 Å². The number of carbonyl (C=O) groups is 3. The van der Waals surface area contributed by atoms with Crippen molar-refractivity contribution >= 4 is 50.4 Å². The summed E-state index contributed by atoms with van der Waals surface area (Å²) in [6, 6.07) is 13.1. The molecular formula is C81H105F6N9O6. The van der Waals surface area contributed by atoms with Gasteiger partial charge in [-0.15, -0.1) is 10.2 Å². The van der Waals surface area contributed by atoms with Crippen molar-refractivity contribution in [2.24, 2.45) is 123 Å². The molecular weight excluding hydrogens is 1310 g/mol. The molecule has 3 aromatic carbocycles. The Kier molecular flexibility index (Phi) is 18.7. The first kappa shape index (κ1) is 70.6. The minimum Gasteiger partial charge on any atom is -0.387 e. The Balaban J connectivity index is 0.000000118. The molecule has 24 atom stereocenters. The van der Waals surface area contributed by atoms with Crippen molar-refractivity contribution in [3.63, 3.8) is 0 Å². The highest BCUT2D eigenvalue weighted by Gasteiger charge is 2.63. The van der Waals surface area contributed by atoms with Crippen LogP contribution in [0.25, 0.3) is 33.1 Å². The average Bonchev–Trinajstić information content (AvgIpc) is 1.53. The largest absolute Gasteiger partial charge is 0.387 e. The number of alkyl halides is 3. The third-order valence-electron chi connectivity index (χ3n) is 31.5. The van der Waals surface area contributed by atoms with Gasteiger partial charge in [0.1, 0.15) is 79.2 Å². The molecule has 3 aromatic heterocycles. The Bertz CT molecular complexity index is 4120. The molecule has 0 radical (unpaired) electrons. The zero-order valence-corrected chi connectivity index (χ0v) is 59.8. The maximum atomic E-state index is 13.8. The normalized spacial score (nSPS) is 41.6. The number of Topliss-reactive ketones (excluding diaryl/α,β-unsaturated/α-hetero) is 3. The van der Waals surface area contributed by atoms with E-state index in [0.29, 0.717) is 160 Å². The van der Waals surface area contributed by atoms with Crippen LogP contribution in [0.3, 0.4) is 0 Å². The first-order valence-corrected chi connectivity index (χ1v) is 39.3. The molecule has 0 unspecified atom stereocenters. The highest BCUT2D eigenvalue weighted by molar-refractivity contribution is 5.85. The van der Waals surface area contributed by atoms with E-state index in [1.807, 2.05) is 0 Å². The lowest BCUT2D eigenvalue weighted by molar-refractivity contribution is -0.134. The molecule has 0 amide bonds. The number of nitrogens with zero attached hydrogens (tertiary/aromatic N) is 9. The Morgan fingerprint density at radius 3 is 1.20 bits per heavy atom. The predicted molar refractivity (Wildman–Crippen MR) is 372 cm³/mol. The number of ketones is 3. The van der Waals surface area contributed by atoms with E-state index in [1.165, 1.54) is 41.2 Å². The van der Waals surface area contributed by atoms with E-state index in [9.17, 15) is 56.0 Å². The number of aromatic nitrogens is 9. The highest BCUT2D eigenvalue weighted by atomic mass is 19.1. The van der Waals surface area contributed by atoms with Crippen LogP contribution in [0.15, 0.2) is 54.6 Å². The van der Waals surface area contributed by atoms with Crippen molar-refractivity contribution in [3.8, 4) is 0 Å². The average molecular weight is 1410 g/mol. The van der Waals surface area contributed by atoms with Crippen LogP contribution in [0.4, 0.5) is 26.3 Å². The lowest BCUT2D eigenvalue weighted by Gasteiger charge is -2.56. The fourth-order valence-electron chi connectivity index (χ4n) is 26.7. The monoisotopic (exact) mass is 1410 g/mol. The molecule has 12 saturated carbocycles. The van der Waals surface area contributed by atoms with Crippen molar-refractivity contribution in [1.29, 1.82) is 0 Å². The summed E-state index contributed by atoms with van der Waals surface area (Å²) in [6.45, 7) is 5.62. The maximum Gasteiger partial charge on any atom is 0.159 e. The van der Waals surface area contributed by atoms with Crippen LogP contribution in [0.2, 0.25) is 0 Å². The van der Waals surface area contributed by atoms with E-state index < -0.39 is 36.8 Å². The highest BCUT2D eigenvalue weighted by Crippen LogP contribution is 2.68. The fraction of sp³-hybridized carbons (Fsp3) is 0.741. The van der Waals surface area contributed by atoms with Crippen LogP contribution in [0.1, 0.15) is 194 Å². The zero-order chi connectivity index (χ0) is 71.0. The van der Waals surface area contributed by atoms with Gasteiger partial charge < -0.3 is 15.3 Å². The first-order chi connectivity index (χ1) is 48.9. The zero-order valence-electron chi connectivity index (χ0n) is 59.8. The van der Waals surface area contributed by atoms with E-state index in [4.69, 9.17) is 0 Å². The van der Waals surface area contributed by atoms with Crippen LogP contribution in [0, 0.1) is 140 Å². The van der Waals surface area contributed by atoms with E-state index in [0.717, 1.165) is 135 Å². The van der Waals surface area contributed by atoms with E-state index in [-0.39, 0.29) is 88.4 Å². The van der Waals surface area contributed by atoms with Crippen LogP contribution < -0.4 is 0 Å². The van der Waals surface area contributed by atoms with Gasteiger partial charge in [-0.25, -0.2) is 35.7 Å². The molecule has 21 heteroatoms. The second kappa shape index (κ2) is 27.0. The second-order valence-electron chi connectivity index (χ2n) is 36.2. The SMILES string of the molecule is C[C@]12CC[C@H]3[C@@H](CC[C@@H]4C[C@@](O)(CF)CC[C@@H]43)[C@@H]1CC[C@@H]2C(=O)Cn1nc2ccc(F)cc2n1.C[C@]12CC[C@H]3[C@@H](CC[C@@H]4C[C@@](O)(CF)CC[C@@H]43)[C@@H]1CC[C@@H]2C(=O)Cn1nnc2cc(F)ccc21.C[C@]12CC[C@H]3[C@@H](CC[C@@H]4C[C@@](O)(CF)CC[C@@H]43)[C@@H]1CC[C@@H]2C(=O)Cn1nnc2ccc(F)cc21. The number of carbonyl (C=O) groups excluding carboxylic acids is 3. The quantitative estimate of drug-likeness (QED) is 0.0980. The number of rotatable bonds is 12. The number of hydrogen-bond donors (Lipinski definition) is 3. The van der Waals surface area contributed by atoms with Crippen LogP contribution in [-0.4, -0.2) is 114 Å². The van der Waals surface area contributed by atoms with Gasteiger partial charge >= 0.3 is 0 Å². The molecule has 12 fully saturated rings. The van der Waals surface area contributed by atoms with Crippen molar-refractivity contribution in [2.45, 2.75) is 231 Å². The van der Waals surface area contributed by atoms with Crippen LogP contribution in [-0.2, 0) is 34.0 Å². The summed E-state index contributed by atoms with van der Waals surface area (Å²) in [5.74, 6) is 8.31. The molecule has 6 aromatic rings. The molecule has 0 aliphatic heterocycles. The summed E-state index contributed by atoms with van der Waals surface area (Å²) in [4.78, 5) is 42.0. The number of aliphatic hydroxyl groups is 3. The third kappa shape index (κ3) is 12.4. The van der Waals surface area contributed by atoms with Crippen LogP contribution >= 0.6 is 0 Å². The van der Waals surface area contributed by atoms with Crippen LogP contribution in [0.5, 0.6) is 0 Å². The van der Waals surface area contributed by atoms with Crippen molar-refractivity contribution in [3.05, 3.63) is 72.0 Å².